The normalized spacial score (nSPS) is 43.7. The van der Waals surface area contributed by atoms with Gasteiger partial charge in [-0.15, -0.1) is 0 Å². The molecule has 0 spiro atoms. The lowest BCUT2D eigenvalue weighted by molar-refractivity contribution is 0.173. The van der Waals surface area contributed by atoms with Crippen molar-refractivity contribution in [3.8, 4) is 0 Å². The zero-order valence-corrected chi connectivity index (χ0v) is 15.3. The fraction of sp³-hybridized carbons (Fsp3) is 0.762. The third-order valence-electron chi connectivity index (χ3n) is 9.33. The second kappa shape index (κ2) is 3.48. The Balaban J connectivity index is 1.87. The topological polar surface area (TPSA) is 30.2 Å². The van der Waals surface area contributed by atoms with Crippen LogP contribution in [0.15, 0.2) is 9.21 Å². The van der Waals surface area contributed by atoms with Gasteiger partial charge in [0.05, 0.1) is 0 Å². The first kappa shape index (κ1) is 14.3. The molecule has 2 fully saturated rings. The molecule has 4 unspecified atom stereocenters. The van der Waals surface area contributed by atoms with E-state index in [1.807, 2.05) is 0 Å². The lowest BCUT2D eigenvalue weighted by atomic mass is 9.69. The second-order valence-corrected chi connectivity index (χ2v) is 10.2. The van der Waals surface area contributed by atoms with Crippen LogP contribution in [0, 0.1) is 10.8 Å². The maximum atomic E-state index is 13.5. The molecule has 4 bridgehead atoms. The van der Waals surface area contributed by atoms with E-state index in [4.69, 9.17) is 4.42 Å². The largest absolute Gasteiger partial charge is 0.464 e. The van der Waals surface area contributed by atoms with Gasteiger partial charge in [-0.1, -0.05) is 41.5 Å². The SMILES string of the molecule is CC12CCC(c3c1oc1c(c3=O)C3CCC1(C)C3(C)C)C2(C)C. The molecule has 4 atom stereocenters. The van der Waals surface area contributed by atoms with E-state index in [-0.39, 0.29) is 21.7 Å². The Morgan fingerprint density at radius 3 is 1.57 bits per heavy atom. The Morgan fingerprint density at radius 2 is 1.17 bits per heavy atom. The van der Waals surface area contributed by atoms with E-state index in [2.05, 4.69) is 41.5 Å². The molecule has 4 aliphatic carbocycles. The van der Waals surface area contributed by atoms with Crippen molar-refractivity contribution in [2.75, 3.05) is 0 Å². The monoisotopic (exact) mass is 312 g/mol. The minimum absolute atomic E-state index is 0.0313. The van der Waals surface area contributed by atoms with Gasteiger partial charge in [0.2, 0.25) is 0 Å². The fourth-order valence-electron chi connectivity index (χ4n) is 6.84. The second-order valence-electron chi connectivity index (χ2n) is 10.2. The predicted octanol–water partition coefficient (Wildman–Crippen LogP) is 4.99. The quantitative estimate of drug-likeness (QED) is 0.675. The minimum atomic E-state index is 0.0313. The Morgan fingerprint density at radius 1 is 0.783 bits per heavy atom. The average molecular weight is 312 g/mol. The van der Waals surface area contributed by atoms with Crippen LogP contribution in [-0.4, -0.2) is 0 Å². The molecule has 2 saturated carbocycles. The van der Waals surface area contributed by atoms with Gasteiger partial charge in [-0.3, -0.25) is 4.79 Å². The summed E-state index contributed by atoms with van der Waals surface area (Å²) in [6.07, 6.45) is 4.60. The molecule has 1 aromatic rings. The Kier molecular flexibility index (Phi) is 2.16. The molecule has 23 heavy (non-hydrogen) atoms. The van der Waals surface area contributed by atoms with Gasteiger partial charge < -0.3 is 4.42 Å². The van der Waals surface area contributed by atoms with Crippen molar-refractivity contribution >= 4 is 0 Å². The molecule has 2 heteroatoms. The van der Waals surface area contributed by atoms with Gasteiger partial charge in [0.1, 0.15) is 11.5 Å². The Hall–Kier alpha value is -1.05. The van der Waals surface area contributed by atoms with Gasteiger partial charge in [0.25, 0.3) is 0 Å². The van der Waals surface area contributed by atoms with Gasteiger partial charge in [-0.05, 0) is 48.3 Å². The zero-order chi connectivity index (χ0) is 16.6. The van der Waals surface area contributed by atoms with E-state index in [1.54, 1.807) is 0 Å². The van der Waals surface area contributed by atoms with Crippen LogP contribution in [0.25, 0.3) is 0 Å². The third kappa shape index (κ3) is 1.15. The van der Waals surface area contributed by atoms with Crippen LogP contribution in [0.2, 0.25) is 0 Å². The molecule has 0 amide bonds. The highest BCUT2D eigenvalue weighted by atomic mass is 16.3. The number of rotatable bonds is 0. The molecule has 1 aromatic heterocycles. The van der Waals surface area contributed by atoms with Crippen LogP contribution >= 0.6 is 0 Å². The highest BCUT2D eigenvalue weighted by Crippen LogP contribution is 2.71. The first-order valence-corrected chi connectivity index (χ1v) is 9.29. The minimum Gasteiger partial charge on any atom is -0.464 e. The summed E-state index contributed by atoms with van der Waals surface area (Å²) >= 11 is 0. The first-order valence-electron chi connectivity index (χ1n) is 9.29. The predicted molar refractivity (Wildman–Crippen MR) is 91.2 cm³/mol. The summed E-state index contributed by atoms with van der Waals surface area (Å²) in [6.45, 7) is 14.0. The molecule has 0 aromatic carbocycles. The van der Waals surface area contributed by atoms with Crippen LogP contribution in [0.3, 0.4) is 0 Å². The molecule has 4 aliphatic rings. The summed E-state index contributed by atoms with van der Waals surface area (Å²) in [6, 6.07) is 0. The van der Waals surface area contributed by atoms with Gasteiger partial charge >= 0.3 is 0 Å². The summed E-state index contributed by atoms with van der Waals surface area (Å²) in [5.41, 5.74) is 2.80. The summed E-state index contributed by atoms with van der Waals surface area (Å²) < 4.78 is 6.69. The molecule has 0 saturated heterocycles. The summed E-state index contributed by atoms with van der Waals surface area (Å²) in [4.78, 5) is 13.5. The molecule has 0 aliphatic heterocycles. The van der Waals surface area contributed by atoms with E-state index >= 15 is 0 Å². The van der Waals surface area contributed by atoms with Crippen molar-refractivity contribution in [2.45, 2.75) is 89.9 Å². The zero-order valence-electron chi connectivity index (χ0n) is 15.3. The maximum Gasteiger partial charge on any atom is 0.192 e. The van der Waals surface area contributed by atoms with Crippen molar-refractivity contribution in [3.63, 3.8) is 0 Å². The van der Waals surface area contributed by atoms with E-state index in [0.717, 1.165) is 48.3 Å². The number of hydrogen-bond acceptors (Lipinski definition) is 2. The van der Waals surface area contributed by atoms with Crippen LogP contribution in [0.1, 0.15) is 102 Å². The van der Waals surface area contributed by atoms with E-state index in [0.29, 0.717) is 17.3 Å². The Labute approximate surface area is 138 Å². The molecule has 2 nitrogen and oxygen atoms in total. The molecular weight excluding hydrogens is 284 g/mol. The number of hydrogen-bond donors (Lipinski definition) is 0. The highest BCUT2D eigenvalue weighted by molar-refractivity contribution is 5.51. The first-order chi connectivity index (χ1) is 10.6. The highest BCUT2D eigenvalue weighted by Gasteiger charge is 2.67. The maximum absolute atomic E-state index is 13.5. The van der Waals surface area contributed by atoms with Crippen LogP contribution in [-0.2, 0) is 10.8 Å². The standard InChI is InChI=1S/C21H28O2/c1-18(2)11-7-9-20(18,5)16-13(11)15(22)14-12-8-10-21(6,17(14)23-16)19(12,3)4/h11-12H,7-10H2,1-6H3. The molecule has 124 valence electrons. The van der Waals surface area contributed by atoms with E-state index in [9.17, 15) is 4.79 Å². The van der Waals surface area contributed by atoms with E-state index < -0.39 is 0 Å². The summed E-state index contributed by atoms with van der Waals surface area (Å²) in [7, 11) is 0. The van der Waals surface area contributed by atoms with Crippen molar-refractivity contribution < 1.29 is 4.42 Å². The summed E-state index contributed by atoms with van der Waals surface area (Å²) in [5.74, 6) is 2.87. The van der Waals surface area contributed by atoms with Crippen molar-refractivity contribution in [1.82, 2.24) is 0 Å². The molecule has 0 radical (unpaired) electrons. The third-order valence-corrected chi connectivity index (χ3v) is 9.33. The van der Waals surface area contributed by atoms with Gasteiger partial charge in [-0.2, -0.15) is 0 Å². The molecule has 0 N–H and O–H groups in total. The van der Waals surface area contributed by atoms with Crippen molar-refractivity contribution in [1.29, 1.82) is 0 Å². The summed E-state index contributed by atoms with van der Waals surface area (Å²) in [5, 5.41) is 0. The van der Waals surface area contributed by atoms with Crippen LogP contribution in [0.5, 0.6) is 0 Å². The van der Waals surface area contributed by atoms with Gasteiger partial charge in [0, 0.05) is 22.0 Å². The molecular formula is C21H28O2. The van der Waals surface area contributed by atoms with Crippen LogP contribution in [0.4, 0.5) is 0 Å². The fourth-order valence-corrected chi connectivity index (χ4v) is 6.84. The Bertz CT molecular complexity index is 749. The van der Waals surface area contributed by atoms with E-state index in [1.165, 1.54) is 0 Å². The molecule has 1 heterocycles. The van der Waals surface area contributed by atoms with Gasteiger partial charge in [-0.25, -0.2) is 0 Å². The lowest BCUT2D eigenvalue weighted by Crippen LogP contribution is -2.33. The number of fused-ring (bicyclic) bond motifs is 10. The lowest BCUT2D eigenvalue weighted by Gasteiger charge is -2.36. The smallest absolute Gasteiger partial charge is 0.192 e. The van der Waals surface area contributed by atoms with Crippen molar-refractivity contribution in [3.05, 3.63) is 32.9 Å². The average Bonchev–Trinajstić information content (AvgIpc) is 2.96. The molecule has 5 rings (SSSR count). The van der Waals surface area contributed by atoms with Gasteiger partial charge in [0.15, 0.2) is 5.43 Å². The van der Waals surface area contributed by atoms with Crippen LogP contribution < -0.4 is 5.43 Å². The van der Waals surface area contributed by atoms with Crippen molar-refractivity contribution in [2.24, 2.45) is 10.8 Å².